The van der Waals surface area contributed by atoms with E-state index >= 15 is 0 Å². The lowest BCUT2D eigenvalue weighted by Gasteiger charge is -2.29. The first-order chi connectivity index (χ1) is 13.5. The number of hydrogen-bond acceptors (Lipinski definition) is 3. The van der Waals surface area contributed by atoms with E-state index in [9.17, 15) is 23.1 Å². The van der Waals surface area contributed by atoms with Gasteiger partial charge in [0, 0.05) is 17.5 Å². The highest BCUT2D eigenvalue weighted by molar-refractivity contribution is 6.35. The Morgan fingerprint density at radius 2 is 2.10 bits per heavy atom. The average molecular weight is 427 g/mol. The molecule has 1 aromatic carbocycles. The first kappa shape index (κ1) is 19.8. The Bertz CT molecular complexity index is 1120. The van der Waals surface area contributed by atoms with E-state index in [1.807, 2.05) is 0 Å². The van der Waals surface area contributed by atoms with Crippen LogP contribution in [0, 0.1) is 0 Å². The van der Waals surface area contributed by atoms with Gasteiger partial charge in [-0.3, -0.25) is 9.89 Å². The molecule has 29 heavy (non-hydrogen) atoms. The van der Waals surface area contributed by atoms with Crippen molar-refractivity contribution in [2.24, 2.45) is 0 Å². The summed E-state index contributed by atoms with van der Waals surface area (Å²) in [5.41, 5.74) is -0.00508. The fourth-order valence-corrected chi connectivity index (χ4v) is 4.24. The van der Waals surface area contributed by atoms with Crippen molar-refractivity contribution in [1.82, 2.24) is 19.7 Å². The molecule has 0 radical (unpaired) electrons. The quantitative estimate of drug-likeness (QED) is 0.649. The van der Waals surface area contributed by atoms with E-state index in [-0.39, 0.29) is 18.7 Å². The lowest BCUT2D eigenvalue weighted by atomic mass is 9.88. The third-order valence-corrected chi connectivity index (χ3v) is 5.99. The monoisotopic (exact) mass is 426 g/mol. The molecular formula is C19H18ClF3N4O2. The number of carboxylic acids is 1. The highest BCUT2D eigenvalue weighted by Gasteiger charge is 2.51. The first-order valence-corrected chi connectivity index (χ1v) is 9.36. The van der Waals surface area contributed by atoms with E-state index in [0.717, 1.165) is 25.0 Å². The molecular weight excluding hydrogens is 409 g/mol. The van der Waals surface area contributed by atoms with Gasteiger partial charge in [-0.25, -0.2) is 4.98 Å². The number of carboxylic acid groups (broad SMARTS) is 1. The number of H-pyrrole nitrogens is 1. The van der Waals surface area contributed by atoms with Crippen molar-refractivity contribution in [3.8, 4) is 0 Å². The van der Waals surface area contributed by atoms with Crippen molar-refractivity contribution >= 4 is 28.5 Å². The SMILES string of the molecule is CC(C)(c1cnc2n1Cc1c(cc(Cl)c3[nH]ncc13)C[C@H]2CC(=O)O)C(F)(F)F. The molecule has 3 aromatic rings. The molecule has 2 aromatic heterocycles. The predicted octanol–water partition coefficient (Wildman–Crippen LogP) is 4.42. The predicted molar refractivity (Wildman–Crippen MR) is 100 cm³/mol. The van der Waals surface area contributed by atoms with Gasteiger partial charge in [-0.05, 0) is 37.5 Å². The number of rotatable bonds is 3. The van der Waals surface area contributed by atoms with Crippen molar-refractivity contribution in [3.63, 3.8) is 0 Å². The fraction of sp³-hybridized carbons (Fsp3) is 0.421. The van der Waals surface area contributed by atoms with Crippen LogP contribution in [0.25, 0.3) is 10.9 Å². The first-order valence-electron chi connectivity index (χ1n) is 8.98. The number of nitrogens with zero attached hydrogens (tertiary/aromatic N) is 3. The Morgan fingerprint density at radius 3 is 2.76 bits per heavy atom. The van der Waals surface area contributed by atoms with Gasteiger partial charge >= 0.3 is 12.1 Å². The van der Waals surface area contributed by atoms with Crippen molar-refractivity contribution in [3.05, 3.63) is 46.1 Å². The van der Waals surface area contributed by atoms with Crippen molar-refractivity contribution in [1.29, 1.82) is 0 Å². The van der Waals surface area contributed by atoms with Gasteiger partial charge in [0.15, 0.2) is 0 Å². The second kappa shape index (κ2) is 6.48. The van der Waals surface area contributed by atoms with E-state index < -0.39 is 23.5 Å². The molecule has 154 valence electrons. The summed E-state index contributed by atoms with van der Waals surface area (Å²) in [5.74, 6) is -1.28. The number of halogens is 4. The summed E-state index contributed by atoms with van der Waals surface area (Å²) < 4.78 is 42.8. The van der Waals surface area contributed by atoms with Gasteiger partial charge in [-0.15, -0.1) is 0 Å². The van der Waals surface area contributed by atoms with Gasteiger partial charge in [0.25, 0.3) is 0 Å². The second-order valence-electron chi connectivity index (χ2n) is 7.86. The van der Waals surface area contributed by atoms with Gasteiger partial charge in [0.2, 0.25) is 0 Å². The third kappa shape index (κ3) is 3.08. The number of imidazole rings is 1. The third-order valence-electron chi connectivity index (χ3n) is 5.70. The minimum Gasteiger partial charge on any atom is -0.481 e. The van der Waals surface area contributed by atoms with Gasteiger partial charge in [-0.1, -0.05) is 11.6 Å². The van der Waals surface area contributed by atoms with E-state index in [1.54, 1.807) is 12.3 Å². The number of aromatic amines is 1. The maximum atomic E-state index is 13.8. The largest absolute Gasteiger partial charge is 0.481 e. The van der Waals surface area contributed by atoms with Crippen molar-refractivity contribution in [2.75, 3.05) is 0 Å². The molecule has 0 saturated heterocycles. The molecule has 0 fully saturated rings. The lowest BCUT2D eigenvalue weighted by molar-refractivity contribution is -0.182. The number of benzene rings is 1. The minimum atomic E-state index is -4.49. The Hall–Kier alpha value is -2.55. The molecule has 2 N–H and O–H groups in total. The lowest BCUT2D eigenvalue weighted by Crippen LogP contribution is -2.38. The summed E-state index contributed by atoms with van der Waals surface area (Å²) in [6, 6.07) is 1.73. The fourth-order valence-electron chi connectivity index (χ4n) is 3.97. The van der Waals surface area contributed by atoms with Crippen molar-refractivity contribution < 1.29 is 23.1 Å². The number of alkyl halides is 3. The summed E-state index contributed by atoms with van der Waals surface area (Å²) >= 11 is 6.33. The zero-order valence-electron chi connectivity index (χ0n) is 15.6. The molecule has 3 heterocycles. The smallest absolute Gasteiger partial charge is 0.399 e. The van der Waals surface area contributed by atoms with Crippen LogP contribution in [0.1, 0.15) is 48.8 Å². The number of hydrogen-bond donors (Lipinski definition) is 2. The van der Waals surface area contributed by atoms with Crippen LogP contribution in [0.15, 0.2) is 18.5 Å². The van der Waals surface area contributed by atoms with E-state index in [2.05, 4.69) is 15.2 Å². The topological polar surface area (TPSA) is 83.8 Å². The van der Waals surface area contributed by atoms with E-state index in [0.29, 0.717) is 28.2 Å². The minimum absolute atomic E-state index is 0.00478. The summed E-state index contributed by atoms with van der Waals surface area (Å²) in [7, 11) is 0. The van der Waals surface area contributed by atoms with Gasteiger partial charge in [0.05, 0.1) is 35.4 Å². The van der Waals surface area contributed by atoms with Crippen molar-refractivity contribution in [2.45, 2.75) is 50.7 Å². The highest BCUT2D eigenvalue weighted by atomic mass is 35.5. The average Bonchev–Trinajstić information content (AvgIpc) is 3.21. The molecule has 0 aliphatic carbocycles. The van der Waals surface area contributed by atoms with Gasteiger partial charge in [-0.2, -0.15) is 18.3 Å². The van der Waals surface area contributed by atoms with Crippen LogP contribution < -0.4 is 0 Å². The summed E-state index contributed by atoms with van der Waals surface area (Å²) in [4.78, 5) is 15.7. The number of aliphatic carboxylic acids is 1. The molecule has 0 bridgehead atoms. The normalized spacial score (nSPS) is 17.1. The number of aromatic nitrogens is 4. The summed E-state index contributed by atoms with van der Waals surface area (Å²) in [6.07, 6.45) is -1.63. The zero-order chi connectivity index (χ0) is 21.1. The number of fused-ring (bicyclic) bond motifs is 4. The molecule has 0 unspecified atom stereocenters. The zero-order valence-corrected chi connectivity index (χ0v) is 16.4. The highest BCUT2D eigenvalue weighted by Crippen LogP contribution is 2.43. The van der Waals surface area contributed by atoms with E-state index in [4.69, 9.17) is 11.6 Å². The Balaban J connectivity index is 1.96. The number of carbonyl (C=O) groups is 1. The molecule has 1 aliphatic heterocycles. The molecule has 10 heteroatoms. The maximum Gasteiger partial charge on any atom is 0.399 e. The van der Waals surface area contributed by atoms with Crippen LogP contribution >= 0.6 is 11.6 Å². The Labute approximate surface area is 168 Å². The molecule has 0 saturated carbocycles. The van der Waals surface area contributed by atoms with Crippen LogP contribution in [-0.4, -0.2) is 37.0 Å². The molecule has 1 aliphatic rings. The summed E-state index contributed by atoms with van der Waals surface area (Å²) in [5, 5.41) is 17.3. The Kier molecular flexibility index (Phi) is 4.41. The molecule has 0 amide bonds. The molecule has 6 nitrogen and oxygen atoms in total. The van der Waals surface area contributed by atoms with Crippen LogP contribution in [-0.2, 0) is 23.2 Å². The maximum absolute atomic E-state index is 13.8. The van der Waals surface area contributed by atoms with Crippen LogP contribution in [0.3, 0.4) is 0 Å². The molecule has 0 spiro atoms. The van der Waals surface area contributed by atoms with Crippen LogP contribution in [0.4, 0.5) is 13.2 Å². The van der Waals surface area contributed by atoms with Gasteiger partial charge in [0.1, 0.15) is 11.2 Å². The standard InChI is InChI=1S/C19H18ClF3N4O2/c1-18(2,19(21,22)23)14-7-24-17-10(5-15(28)29)3-9-4-13(20)16-11(6-25-26-16)12(9)8-27(14)17/h4,6-7,10H,3,5,8H2,1-2H3,(H,25,26)(H,28,29)/t10-/m0/s1. The van der Waals surface area contributed by atoms with Crippen LogP contribution in [0.5, 0.6) is 0 Å². The van der Waals surface area contributed by atoms with Crippen LogP contribution in [0.2, 0.25) is 5.02 Å². The molecule has 1 atom stereocenters. The number of nitrogens with one attached hydrogen (secondary N) is 1. The Morgan fingerprint density at radius 1 is 1.38 bits per heavy atom. The van der Waals surface area contributed by atoms with E-state index in [1.165, 1.54) is 10.8 Å². The summed E-state index contributed by atoms with van der Waals surface area (Å²) in [6.45, 7) is 2.33. The molecule has 4 rings (SSSR count). The van der Waals surface area contributed by atoms with Gasteiger partial charge < -0.3 is 9.67 Å². The second-order valence-corrected chi connectivity index (χ2v) is 8.27.